The molecule has 0 atom stereocenters. The van der Waals surface area contributed by atoms with Crippen molar-refractivity contribution >= 4 is 21.8 Å². The Hall–Kier alpha value is -2.71. The molecule has 154 valence electrons. The number of nitrogens with one attached hydrogen (secondary N) is 2. The lowest BCUT2D eigenvalue weighted by Gasteiger charge is -2.32. The van der Waals surface area contributed by atoms with Crippen LogP contribution in [0.4, 0.5) is 0 Å². The molecule has 2 N–H and O–H groups in total. The maximum atomic E-state index is 12.5. The minimum absolute atomic E-state index is 0.0759. The molecular weight excluding hydrogens is 390 g/mol. The molecule has 0 saturated carbocycles. The molecule has 0 radical (unpaired) electrons. The first-order valence-electron chi connectivity index (χ1n) is 9.55. The van der Waals surface area contributed by atoms with Crippen LogP contribution in [0.5, 0.6) is 0 Å². The Bertz CT molecular complexity index is 951. The fourth-order valence-corrected chi connectivity index (χ4v) is 4.52. The molecule has 2 amide bonds. The van der Waals surface area contributed by atoms with E-state index in [4.69, 9.17) is 0 Å². The van der Waals surface area contributed by atoms with Gasteiger partial charge in [-0.05, 0) is 44.0 Å². The molecular formula is C21H25N3O4S. The van der Waals surface area contributed by atoms with E-state index in [2.05, 4.69) is 10.0 Å². The van der Waals surface area contributed by atoms with Gasteiger partial charge in [0.1, 0.15) is 0 Å². The third-order valence-electron chi connectivity index (χ3n) is 4.94. The van der Waals surface area contributed by atoms with Crippen LogP contribution in [-0.2, 0) is 14.8 Å². The highest BCUT2D eigenvalue weighted by atomic mass is 32.2. The Kier molecular flexibility index (Phi) is 6.66. The molecule has 8 heteroatoms. The fourth-order valence-electron chi connectivity index (χ4n) is 3.21. The number of likely N-dealkylation sites (tertiary alicyclic amines) is 1. The van der Waals surface area contributed by atoms with Gasteiger partial charge >= 0.3 is 0 Å². The summed E-state index contributed by atoms with van der Waals surface area (Å²) in [6, 6.07) is 15.2. The van der Waals surface area contributed by atoms with Gasteiger partial charge in [0.05, 0.1) is 11.4 Å². The average molecular weight is 416 g/mol. The number of aryl methyl sites for hydroxylation is 1. The molecule has 1 saturated heterocycles. The molecule has 7 nitrogen and oxygen atoms in total. The normalized spacial score (nSPS) is 15.1. The van der Waals surface area contributed by atoms with E-state index in [-0.39, 0.29) is 29.3 Å². The third kappa shape index (κ3) is 5.65. The van der Waals surface area contributed by atoms with E-state index in [9.17, 15) is 18.0 Å². The highest BCUT2D eigenvalue weighted by Crippen LogP contribution is 2.15. The third-order valence-corrected chi connectivity index (χ3v) is 6.47. The lowest BCUT2D eigenvalue weighted by atomic mass is 10.1. The van der Waals surface area contributed by atoms with Crippen molar-refractivity contribution in [1.29, 1.82) is 0 Å². The van der Waals surface area contributed by atoms with Gasteiger partial charge in [-0.1, -0.05) is 35.9 Å². The summed E-state index contributed by atoms with van der Waals surface area (Å²) >= 11 is 0. The molecule has 0 spiro atoms. The number of nitrogens with zero attached hydrogens (tertiary/aromatic N) is 1. The second-order valence-corrected chi connectivity index (χ2v) is 8.85. The van der Waals surface area contributed by atoms with Crippen LogP contribution in [0, 0.1) is 6.92 Å². The van der Waals surface area contributed by atoms with Crippen molar-refractivity contribution in [1.82, 2.24) is 14.9 Å². The number of hydrogen-bond acceptors (Lipinski definition) is 4. The van der Waals surface area contributed by atoms with E-state index in [1.165, 1.54) is 0 Å². The van der Waals surface area contributed by atoms with E-state index in [1.54, 1.807) is 53.4 Å². The first kappa shape index (κ1) is 21.0. The molecule has 29 heavy (non-hydrogen) atoms. The van der Waals surface area contributed by atoms with Crippen molar-refractivity contribution in [3.8, 4) is 0 Å². The zero-order valence-corrected chi connectivity index (χ0v) is 17.1. The second-order valence-electron chi connectivity index (χ2n) is 7.14. The van der Waals surface area contributed by atoms with Gasteiger partial charge in [0.15, 0.2) is 0 Å². The summed E-state index contributed by atoms with van der Waals surface area (Å²) in [4.78, 5) is 26.3. The summed E-state index contributed by atoms with van der Waals surface area (Å²) in [5.41, 5.74) is 1.50. The number of sulfonamides is 1. The summed E-state index contributed by atoms with van der Waals surface area (Å²) < 4.78 is 27.7. The predicted octanol–water partition coefficient (Wildman–Crippen LogP) is 1.69. The molecule has 1 aliphatic heterocycles. The summed E-state index contributed by atoms with van der Waals surface area (Å²) in [6.07, 6.45) is 1.06. The Morgan fingerprint density at radius 2 is 1.62 bits per heavy atom. The van der Waals surface area contributed by atoms with Gasteiger partial charge in [0.25, 0.3) is 5.91 Å². The van der Waals surface area contributed by atoms with Crippen LogP contribution in [-0.4, -0.2) is 50.8 Å². The molecule has 1 aliphatic rings. The Balaban J connectivity index is 1.46. The molecule has 2 aromatic rings. The SMILES string of the molecule is Cc1ccc(S(=O)(=O)NC2CCN(C(=O)CNC(=O)c3ccccc3)CC2)cc1. The Morgan fingerprint density at radius 3 is 2.24 bits per heavy atom. The molecule has 0 aliphatic carbocycles. The number of hydrogen-bond donors (Lipinski definition) is 2. The van der Waals surface area contributed by atoms with Crippen LogP contribution in [0.1, 0.15) is 28.8 Å². The number of benzene rings is 2. The first-order chi connectivity index (χ1) is 13.8. The molecule has 1 fully saturated rings. The lowest BCUT2D eigenvalue weighted by Crippen LogP contribution is -2.48. The van der Waals surface area contributed by atoms with Gasteiger partial charge in [-0.3, -0.25) is 9.59 Å². The lowest BCUT2D eigenvalue weighted by molar-refractivity contribution is -0.131. The molecule has 0 bridgehead atoms. The molecule has 1 heterocycles. The maximum Gasteiger partial charge on any atom is 0.251 e. The number of rotatable bonds is 6. The van der Waals surface area contributed by atoms with Gasteiger partial charge in [-0.2, -0.15) is 0 Å². The topological polar surface area (TPSA) is 95.6 Å². The monoisotopic (exact) mass is 415 g/mol. The zero-order valence-electron chi connectivity index (χ0n) is 16.3. The molecule has 2 aromatic carbocycles. The van der Waals surface area contributed by atoms with Crippen molar-refractivity contribution in [3.05, 3.63) is 65.7 Å². The van der Waals surface area contributed by atoms with Gasteiger partial charge in [0.2, 0.25) is 15.9 Å². The summed E-state index contributed by atoms with van der Waals surface area (Å²) in [6.45, 7) is 2.72. The second kappa shape index (κ2) is 9.19. The fraction of sp³-hybridized carbons (Fsp3) is 0.333. The van der Waals surface area contributed by atoms with Crippen molar-refractivity contribution in [2.45, 2.75) is 30.7 Å². The van der Waals surface area contributed by atoms with Gasteiger partial charge in [0, 0.05) is 24.7 Å². The van der Waals surface area contributed by atoms with E-state index >= 15 is 0 Å². The van der Waals surface area contributed by atoms with E-state index in [0.29, 0.717) is 31.5 Å². The van der Waals surface area contributed by atoms with Crippen LogP contribution >= 0.6 is 0 Å². The summed E-state index contributed by atoms with van der Waals surface area (Å²) in [5.74, 6) is -0.464. The predicted molar refractivity (Wildman–Crippen MR) is 110 cm³/mol. The van der Waals surface area contributed by atoms with E-state index in [1.807, 2.05) is 13.0 Å². The van der Waals surface area contributed by atoms with E-state index in [0.717, 1.165) is 5.56 Å². The number of piperidine rings is 1. The van der Waals surface area contributed by atoms with Gasteiger partial charge in [-0.25, -0.2) is 13.1 Å². The number of carbonyl (C=O) groups excluding carboxylic acids is 2. The average Bonchev–Trinajstić information content (AvgIpc) is 2.73. The minimum atomic E-state index is -3.58. The number of amides is 2. The summed E-state index contributed by atoms with van der Waals surface area (Å²) in [7, 11) is -3.58. The summed E-state index contributed by atoms with van der Waals surface area (Å²) in [5, 5.41) is 2.63. The van der Waals surface area contributed by atoms with Gasteiger partial charge in [-0.15, -0.1) is 0 Å². The largest absolute Gasteiger partial charge is 0.343 e. The highest BCUT2D eigenvalue weighted by molar-refractivity contribution is 7.89. The van der Waals surface area contributed by atoms with Crippen molar-refractivity contribution < 1.29 is 18.0 Å². The van der Waals surface area contributed by atoms with Crippen LogP contribution in [0.25, 0.3) is 0 Å². The van der Waals surface area contributed by atoms with Crippen molar-refractivity contribution in [2.24, 2.45) is 0 Å². The van der Waals surface area contributed by atoms with Crippen molar-refractivity contribution in [2.75, 3.05) is 19.6 Å². The van der Waals surface area contributed by atoms with Gasteiger partial charge < -0.3 is 10.2 Å². The molecule has 3 rings (SSSR count). The zero-order chi connectivity index (χ0) is 20.9. The Morgan fingerprint density at radius 1 is 1.00 bits per heavy atom. The van der Waals surface area contributed by atoms with Crippen LogP contribution in [0.3, 0.4) is 0 Å². The quantitative estimate of drug-likeness (QED) is 0.751. The van der Waals surface area contributed by atoms with Crippen LogP contribution in [0.15, 0.2) is 59.5 Å². The first-order valence-corrected chi connectivity index (χ1v) is 11.0. The standard InChI is InChI=1S/C21H25N3O4S/c1-16-7-9-19(10-8-16)29(27,28)23-18-11-13-24(14-12-18)20(25)15-22-21(26)17-5-3-2-4-6-17/h2-10,18,23H,11-15H2,1H3,(H,22,26). The highest BCUT2D eigenvalue weighted by Gasteiger charge is 2.26. The van der Waals surface area contributed by atoms with Crippen LogP contribution in [0.2, 0.25) is 0 Å². The van der Waals surface area contributed by atoms with E-state index < -0.39 is 10.0 Å². The van der Waals surface area contributed by atoms with Crippen LogP contribution < -0.4 is 10.0 Å². The number of carbonyl (C=O) groups is 2. The smallest absolute Gasteiger partial charge is 0.251 e. The Labute approximate surface area is 171 Å². The molecule has 0 aromatic heterocycles. The maximum absolute atomic E-state index is 12.5. The minimum Gasteiger partial charge on any atom is -0.343 e. The van der Waals surface area contributed by atoms with Crippen molar-refractivity contribution in [3.63, 3.8) is 0 Å². The molecule has 0 unspecified atom stereocenters.